The third-order valence-electron chi connectivity index (χ3n) is 3.41. The summed E-state index contributed by atoms with van der Waals surface area (Å²) < 4.78 is 23.2. The van der Waals surface area contributed by atoms with Crippen LogP contribution >= 0.6 is 7.60 Å². The van der Waals surface area contributed by atoms with Crippen LogP contribution in [0.5, 0.6) is 0 Å². The summed E-state index contributed by atoms with van der Waals surface area (Å²) in [4.78, 5) is 0. The molecular weight excluding hydrogens is 273 g/mol. The first-order valence-corrected chi connectivity index (χ1v) is 8.31. The Bertz CT molecular complexity index is 480. The van der Waals surface area contributed by atoms with Crippen molar-refractivity contribution < 1.29 is 13.6 Å². The molecule has 5 heteroatoms. The zero-order valence-corrected chi connectivity index (χ0v) is 14.4. The molecule has 114 valence electrons. The van der Waals surface area contributed by atoms with Crippen molar-refractivity contribution in [2.75, 3.05) is 19.5 Å². The predicted molar refractivity (Wildman–Crippen MR) is 84.4 cm³/mol. The third kappa shape index (κ3) is 3.63. The number of para-hydroxylation sites is 1. The molecule has 0 spiro atoms. The summed E-state index contributed by atoms with van der Waals surface area (Å²) in [7, 11) is -0.377. The molecule has 0 radical (unpaired) electrons. The lowest BCUT2D eigenvalue weighted by Crippen LogP contribution is -2.35. The van der Waals surface area contributed by atoms with Crippen molar-refractivity contribution in [3.05, 3.63) is 29.3 Å². The van der Waals surface area contributed by atoms with Crippen LogP contribution in [-0.2, 0) is 13.6 Å². The molecule has 1 rings (SSSR count). The van der Waals surface area contributed by atoms with Gasteiger partial charge < -0.3 is 14.4 Å². The van der Waals surface area contributed by atoms with Crippen LogP contribution in [0.3, 0.4) is 0 Å². The van der Waals surface area contributed by atoms with Crippen LogP contribution in [0.15, 0.2) is 18.2 Å². The molecule has 1 aromatic rings. The van der Waals surface area contributed by atoms with Crippen molar-refractivity contribution in [3.63, 3.8) is 0 Å². The fraction of sp³-hybridized carbons (Fsp3) is 0.600. The highest BCUT2D eigenvalue weighted by Gasteiger charge is 2.42. The van der Waals surface area contributed by atoms with E-state index >= 15 is 0 Å². The zero-order chi connectivity index (χ0) is 15.6. The molecule has 0 saturated carbocycles. The predicted octanol–water partition coefficient (Wildman–Crippen LogP) is 4.57. The normalized spacial score (nSPS) is 14.2. The lowest BCUT2D eigenvalue weighted by atomic mass is 9.95. The first-order valence-electron chi connectivity index (χ1n) is 6.69. The van der Waals surface area contributed by atoms with Crippen LogP contribution < -0.4 is 5.32 Å². The van der Waals surface area contributed by atoms with E-state index in [4.69, 9.17) is 9.05 Å². The fourth-order valence-electron chi connectivity index (χ4n) is 2.23. The van der Waals surface area contributed by atoms with E-state index < -0.39 is 13.4 Å². The van der Waals surface area contributed by atoms with Crippen molar-refractivity contribution in [2.24, 2.45) is 5.41 Å². The summed E-state index contributed by atoms with van der Waals surface area (Å²) in [5.41, 5.74) is 2.92. The molecule has 0 fully saturated rings. The summed E-state index contributed by atoms with van der Waals surface area (Å²) in [5.74, 6) is -0.426. The number of hydrogen-bond acceptors (Lipinski definition) is 4. The number of benzene rings is 1. The molecule has 1 N–H and O–H groups in total. The first kappa shape index (κ1) is 17.2. The monoisotopic (exact) mass is 299 g/mol. The van der Waals surface area contributed by atoms with Crippen LogP contribution in [0.1, 0.15) is 31.9 Å². The molecule has 1 atom stereocenters. The van der Waals surface area contributed by atoms with E-state index in [1.165, 1.54) is 14.2 Å². The highest BCUT2D eigenvalue weighted by molar-refractivity contribution is 7.54. The summed E-state index contributed by atoms with van der Waals surface area (Å²) >= 11 is 0. The summed E-state index contributed by atoms with van der Waals surface area (Å²) in [6, 6.07) is 6.06. The fourth-order valence-corrected chi connectivity index (χ4v) is 4.04. The van der Waals surface area contributed by atoms with Gasteiger partial charge in [0.1, 0.15) is 5.78 Å². The van der Waals surface area contributed by atoms with Gasteiger partial charge in [-0.1, -0.05) is 39.0 Å². The molecule has 0 saturated heterocycles. The maximum atomic E-state index is 12.8. The molecular formula is C15H26NO3P. The molecule has 0 aliphatic carbocycles. The zero-order valence-electron chi connectivity index (χ0n) is 13.5. The standard InChI is InChI=1S/C15H26NO3P/c1-11-9-8-10-12(2)13(11)16-14(15(3,4)5)20(17,18-6)19-7/h8-10,14,16H,1-7H3. The van der Waals surface area contributed by atoms with Gasteiger partial charge in [-0.15, -0.1) is 0 Å². The summed E-state index contributed by atoms with van der Waals surface area (Å²) in [5, 5.41) is 3.38. The van der Waals surface area contributed by atoms with Crippen molar-refractivity contribution in [1.82, 2.24) is 0 Å². The van der Waals surface area contributed by atoms with Gasteiger partial charge in [-0.25, -0.2) is 0 Å². The second kappa shape index (κ2) is 6.30. The molecule has 4 nitrogen and oxygen atoms in total. The van der Waals surface area contributed by atoms with E-state index in [2.05, 4.69) is 5.32 Å². The van der Waals surface area contributed by atoms with E-state index in [9.17, 15) is 4.57 Å². The number of aryl methyl sites for hydroxylation is 2. The van der Waals surface area contributed by atoms with E-state index in [-0.39, 0.29) is 5.41 Å². The molecule has 0 heterocycles. The van der Waals surface area contributed by atoms with Crippen molar-refractivity contribution in [3.8, 4) is 0 Å². The lowest BCUT2D eigenvalue weighted by Gasteiger charge is -2.36. The molecule has 0 aliphatic rings. The summed E-state index contributed by atoms with van der Waals surface area (Å²) in [6.07, 6.45) is 0. The second-order valence-corrected chi connectivity index (χ2v) is 8.41. The third-order valence-corrected chi connectivity index (χ3v) is 5.96. The molecule has 20 heavy (non-hydrogen) atoms. The smallest absolute Gasteiger partial charge is 0.352 e. The first-order chi connectivity index (χ1) is 9.15. The Morgan fingerprint density at radius 1 is 1.10 bits per heavy atom. The largest absolute Gasteiger partial charge is 0.371 e. The lowest BCUT2D eigenvalue weighted by molar-refractivity contribution is 0.242. The quantitative estimate of drug-likeness (QED) is 0.809. The van der Waals surface area contributed by atoms with Gasteiger partial charge in [0, 0.05) is 19.9 Å². The SMILES string of the molecule is COP(=O)(OC)C(Nc1c(C)cccc1C)C(C)(C)C. The van der Waals surface area contributed by atoms with E-state index in [1.54, 1.807) is 0 Å². The Kier molecular flexibility index (Phi) is 5.42. The van der Waals surface area contributed by atoms with Crippen molar-refractivity contribution in [1.29, 1.82) is 0 Å². The Morgan fingerprint density at radius 2 is 1.55 bits per heavy atom. The molecule has 1 unspecified atom stereocenters. The van der Waals surface area contributed by atoms with E-state index in [1.807, 2.05) is 52.8 Å². The second-order valence-electron chi connectivity index (χ2n) is 6.08. The van der Waals surface area contributed by atoms with Gasteiger partial charge in [0.05, 0.1) is 0 Å². The van der Waals surface area contributed by atoms with Gasteiger partial charge in [-0.05, 0) is 30.4 Å². The maximum absolute atomic E-state index is 12.8. The van der Waals surface area contributed by atoms with Gasteiger partial charge in [0.25, 0.3) is 0 Å². The molecule has 0 bridgehead atoms. The molecule has 0 aromatic heterocycles. The number of anilines is 1. The minimum absolute atomic E-state index is 0.281. The minimum atomic E-state index is -3.23. The van der Waals surface area contributed by atoms with E-state index in [0.717, 1.165) is 16.8 Å². The minimum Gasteiger partial charge on any atom is -0.371 e. The van der Waals surface area contributed by atoms with Gasteiger partial charge in [-0.3, -0.25) is 4.57 Å². The number of rotatable bonds is 5. The molecule has 1 aromatic carbocycles. The Labute approximate surface area is 122 Å². The summed E-state index contributed by atoms with van der Waals surface area (Å²) in [6.45, 7) is 10.1. The van der Waals surface area contributed by atoms with Crippen LogP contribution in [0.4, 0.5) is 5.69 Å². The number of hydrogen-bond donors (Lipinski definition) is 1. The molecule has 0 amide bonds. The van der Waals surface area contributed by atoms with Crippen LogP contribution in [0.2, 0.25) is 0 Å². The Hall–Kier alpha value is -0.830. The highest BCUT2D eigenvalue weighted by Crippen LogP contribution is 2.57. The topological polar surface area (TPSA) is 47.6 Å². The van der Waals surface area contributed by atoms with Crippen LogP contribution in [0, 0.1) is 19.3 Å². The van der Waals surface area contributed by atoms with Gasteiger partial charge in [0.15, 0.2) is 0 Å². The van der Waals surface area contributed by atoms with Crippen LogP contribution in [-0.4, -0.2) is 20.0 Å². The Morgan fingerprint density at radius 3 is 1.90 bits per heavy atom. The maximum Gasteiger partial charge on any atom is 0.352 e. The van der Waals surface area contributed by atoms with Crippen molar-refractivity contribution in [2.45, 2.75) is 40.4 Å². The highest BCUT2D eigenvalue weighted by atomic mass is 31.2. The van der Waals surface area contributed by atoms with Gasteiger partial charge in [0.2, 0.25) is 0 Å². The van der Waals surface area contributed by atoms with Crippen LogP contribution in [0.25, 0.3) is 0 Å². The molecule has 0 aliphatic heterocycles. The Balaban J connectivity index is 3.25. The average molecular weight is 299 g/mol. The van der Waals surface area contributed by atoms with E-state index in [0.29, 0.717) is 0 Å². The van der Waals surface area contributed by atoms with Gasteiger partial charge in [-0.2, -0.15) is 0 Å². The van der Waals surface area contributed by atoms with Crippen molar-refractivity contribution >= 4 is 13.3 Å². The number of nitrogens with one attached hydrogen (secondary N) is 1. The van der Waals surface area contributed by atoms with Gasteiger partial charge >= 0.3 is 7.60 Å². The average Bonchev–Trinajstić information content (AvgIpc) is 2.36.